The third-order valence-electron chi connectivity index (χ3n) is 2.24. The van der Waals surface area contributed by atoms with E-state index in [4.69, 9.17) is 15.6 Å². The minimum Gasteiger partial charge on any atom is -0.370 e. The Morgan fingerprint density at radius 3 is 2.42 bits per heavy atom. The van der Waals surface area contributed by atoms with Crippen LogP contribution >= 0.6 is 0 Å². The molecule has 0 radical (unpaired) electrons. The highest BCUT2D eigenvalue weighted by Gasteiger charge is 2.07. The van der Waals surface area contributed by atoms with Crippen LogP contribution in [0.4, 0.5) is 0 Å². The quantitative estimate of drug-likeness (QED) is 0.550. The molecule has 0 atom stereocenters. The van der Waals surface area contributed by atoms with Gasteiger partial charge in [0.25, 0.3) is 0 Å². The first-order valence-electron chi connectivity index (χ1n) is 5.59. The molecule has 5 N–H and O–H groups in total. The van der Waals surface area contributed by atoms with Gasteiger partial charge in [-0.25, -0.2) is 13.6 Å². The SMILES string of the molecule is NCCOCC(=O)NCc1ccc(S(N)(=O)=O)cc1. The molecule has 0 saturated heterocycles. The molecule has 1 aromatic rings. The molecule has 0 aliphatic carbocycles. The molecule has 0 heterocycles. The van der Waals surface area contributed by atoms with Crippen molar-refractivity contribution in [3.05, 3.63) is 29.8 Å². The van der Waals surface area contributed by atoms with E-state index in [1.807, 2.05) is 0 Å². The minimum atomic E-state index is -3.68. The molecule has 0 fully saturated rings. The predicted molar refractivity (Wildman–Crippen MR) is 69.5 cm³/mol. The zero-order chi connectivity index (χ0) is 14.3. The second kappa shape index (κ2) is 7.19. The molecule has 0 bridgehead atoms. The van der Waals surface area contributed by atoms with Crippen LogP contribution in [0.5, 0.6) is 0 Å². The van der Waals surface area contributed by atoms with Crippen LogP contribution in [0.3, 0.4) is 0 Å². The summed E-state index contributed by atoms with van der Waals surface area (Å²) in [6, 6.07) is 5.95. The third-order valence-corrected chi connectivity index (χ3v) is 3.17. The van der Waals surface area contributed by atoms with Gasteiger partial charge in [0.1, 0.15) is 6.61 Å². The van der Waals surface area contributed by atoms with Crippen molar-refractivity contribution >= 4 is 15.9 Å². The number of nitrogens with two attached hydrogens (primary N) is 2. The summed E-state index contributed by atoms with van der Waals surface area (Å²) in [7, 11) is -3.68. The van der Waals surface area contributed by atoms with Gasteiger partial charge in [0.2, 0.25) is 15.9 Å². The fourth-order valence-electron chi connectivity index (χ4n) is 1.30. The number of nitrogens with one attached hydrogen (secondary N) is 1. The zero-order valence-corrected chi connectivity index (χ0v) is 11.2. The van der Waals surface area contributed by atoms with Crippen LogP contribution < -0.4 is 16.2 Å². The van der Waals surface area contributed by atoms with Gasteiger partial charge in [-0.3, -0.25) is 4.79 Å². The Hall–Kier alpha value is -1.48. The smallest absolute Gasteiger partial charge is 0.246 e. The molecule has 0 aliphatic heterocycles. The lowest BCUT2D eigenvalue weighted by Gasteiger charge is -2.06. The van der Waals surface area contributed by atoms with E-state index < -0.39 is 10.0 Å². The van der Waals surface area contributed by atoms with E-state index in [1.54, 1.807) is 12.1 Å². The van der Waals surface area contributed by atoms with Crippen molar-refractivity contribution in [2.24, 2.45) is 10.9 Å². The lowest BCUT2D eigenvalue weighted by atomic mass is 10.2. The van der Waals surface area contributed by atoms with Gasteiger partial charge in [0.05, 0.1) is 11.5 Å². The molecule has 19 heavy (non-hydrogen) atoms. The molecular weight excluding hydrogens is 270 g/mol. The highest BCUT2D eigenvalue weighted by molar-refractivity contribution is 7.89. The first-order valence-corrected chi connectivity index (χ1v) is 7.14. The van der Waals surface area contributed by atoms with Gasteiger partial charge in [-0.1, -0.05) is 12.1 Å². The van der Waals surface area contributed by atoms with Gasteiger partial charge in [0.15, 0.2) is 0 Å². The summed E-state index contributed by atoms with van der Waals surface area (Å²) in [5.41, 5.74) is 5.98. The highest BCUT2D eigenvalue weighted by atomic mass is 32.2. The maximum atomic E-state index is 11.3. The Morgan fingerprint density at radius 2 is 1.89 bits per heavy atom. The number of carbonyl (C=O) groups is 1. The van der Waals surface area contributed by atoms with Crippen LogP contribution in [0.25, 0.3) is 0 Å². The second-order valence-electron chi connectivity index (χ2n) is 3.81. The van der Waals surface area contributed by atoms with Crippen molar-refractivity contribution in [1.29, 1.82) is 0 Å². The van der Waals surface area contributed by atoms with Gasteiger partial charge in [0, 0.05) is 13.1 Å². The normalized spacial score (nSPS) is 11.3. The Kier molecular flexibility index (Phi) is 5.90. The van der Waals surface area contributed by atoms with E-state index in [-0.39, 0.29) is 24.0 Å². The number of primary sulfonamides is 1. The van der Waals surface area contributed by atoms with Crippen molar-refractivity contribution in [1.82, 2.24) is 5.32 Å². The molecule has 0 saturated carbocycles. The zero-order valence-electron chi connectivity index (χ0n) is 10.3. The Bertz CT molecular complexity index is 513. The van der Waals surface area contributed by atoms with Gasteiger partial charge in [-0.05, 0) is 17.7 Å². The summed E-state index contributed by atoms with van der Waals surface area (Å²) in [5.74, 6) is -0.260. The topological polar surface area (TPSA) is 125 Å². The number of ether oxygens (including phenoxy) is 1. The average Bonchev–Trinajstić information content (AvgIpc) is 2.36. The summed E-state index contributed by atoms with van der Waals surface area (Å²) < 4.78 is 27.0. The van der Waals surface area contributed by atoms with E-state index in [9.17, 15) is 13.2 Å². The molecule has 1 rings (SSSR count). The number of hydrogen-bond acceptors (Lipinski definition) is 5. The molecule has 1 aromatic carbocycles. The maximum absolute atomic E-state index is 11.3. The number of carbonyl (C=O) groups excluding carboxylic acids is 1. The number of sulfonamides is 1. The molecule has 0 aromatic heterocycles. The average molecular weight is 287 g/mol. The molecule has 0 aliphatic rings. The van der Waals surface area contributed by atoms with E-state index in [0.29, 0.717) is 13.2 Å². The number of benzene rings is 1. The molecule has 1 amide bonds. The number of amides is 1. The van der Waals surface area contributed by atoms with Crippen LogP contribution in [0.15, 0.2) is 29.2 Å². The molecule has 0 spiro atoms. The van der Waals surface area contributed by atoms with E-state index in [0.717, 1.165) is 5.56 Å². The van der Waals surface area contributed by atoms with Crippen molar-refractivity contribution in [2.45, 2.75) is 11.4 Å². The minimum absolute atomic E-state index is 0.0360. The number of hydrogen-bond donors (Lipinski definition) is 3. The van der Waals surface area contributed by atoms with E-state index in [1.165, 1.54) is 12.1 Å². The van der Waals surface area contributed by atoms with Crippen molar-refractivity contribution in [3.8, 4) is 0 Å². The molecule has 7 nitrogen and oxygen atoms in total. The largest absolute Gasteiger partial charge is 0.370 e. The second-order valence-corrected chi connectivity index (χ2v) is 5.37. The summed E-state index contributed by atoms with van der Waals surface area (Å²) in [6.07, 6.45) is 0. The Morgan fingerprint density at radius 1 is 1.26 bits per heavy atom. The Labute approximate surface area is 112 Å². The van der Waals surface area contributed by atoms with Gasteiger partial charge < -0.3 is 15.8 Å². The van der Waals surface area contributed by atoms with Crippen molar-refractivity contribution in [2.75, 3.05) is 19.8 Å². The van der Waals surface area contributed by atoms with Gasteiger partial charge in [-0.2, -0.15) is 0 Å². The first kappa shape index (κ1) is 15.6. The lowest BCUT2D eigenvalue weighted by molar-refractivity contribution is -0.125. The standard InChI is InChI=1S/C11H17N3O4S/c12-5-6-18-8-11(15)14-7-9-1-3-10(4-2-9)19(13,16)17/h1-4H,5-8,12H2,(H,14,15)(H2,13,16,17). The third kappa shape index (κ3) is 5.79. The van der Waals surface area contributed by atoms with Crippen LogP contribution in [-0.4, -0.2) is 34.1 Å². The Balaban J connectivity index is 2.44. The maximum Gasteiger partial charge on any atom is 0.246 e. The first-order chi connectivity index (χ1) is 8.93. The highest BCUT2D eigenvalue weighted by Crippen LogP contribution is 2.08. The lowest BCUT2D eigenvalue weighted by Crippen LogP contribution is -2.28. The molecular formula is C11H17N3O4S. The summed E-state index contributed by atoms with van der Waals surface area (Å²) in [5, 5.41) is 7.60. The summed E-state index contributed by atoms with van der Waals surface area (Å²) in [6.45, 7) is 0.932. The fourth-order valence-corrected chi connectivity index (χ4v) is 1.81. The van der Waals surface area contributed by atoms with Crippen molar-refractivity contribution < 1.29 is 17.9 Å². The van der Waals surface area contributed by atoms with Crippen molar-refractivity contribution in [3.63, 3.8) is 0 Å². The summed E-state index contributed by atoms with van der Waals surface area (Å²) in [4.78, 5) is 11.4. The number of rotatable bonds is 7. The predicted octanol–water partition coefficient (Wildman–Crippen LogP) is -1.07. The molecule has 0 unspecified atom stereocenters. The van der Waals surface area contributed by atoms with Gasteiger partial charge >= 0.3 is 0 Å². The van der Waals surface area contributed by atoms with Crippen LogP contribution in [0.2, 0.25) is 0 Å². The van der Waals surface area contributed by atoms with Gasteiger partial charge in [-0.15, -0.1) is 0 Å². The van der Waals surface area contributed by atoms with Crippen LogP contribution in [-0.2, 0) is 26.1 Å². The molecule has 106 valence electrons. The monoisotopic (exact) mass is 287 g/mol. The fraction of sp³-hybridized carbons (Fsp3) is 0.364. The van der Waals surface area contributed by atoms with E-state index >= 15 is 0 Å². The van der Waals surface area contributed by atoms with Crippen LogP contribution in [0.1, 0.15) is 5.56 Å². The summed E-state index contributed by atoms with van der Waals surface area (Å²) >= 11 is 0. The van der Waals surface area contributed by atoms with Crippen LogP contribution in [0, 0.1) is 0 Å². The van der Waals surface area contributed by atoms with E-state index in [2.05, 4.69) is 5.32 Å². The molecule has 8 heteroatoms.